The predicted octanol–water partition coefficient (Wildman–Crippen LogP) is 5.64. The van der Waals surface area contributed by atoms with Crippen LogP contribution in [0.25, 0.3) is 5.76 Å². The van der Waals surface area contributed by atoms with E-state index in [-0.39, 0.29) is 32.7 Å². The summed E-state index contributed by atoms with van der Waals surface area (Å²) < 4.78 is 5.16. The monoisotopic (exact) mass is 482 g/mol. The van der Waals surface area contributed by atoms with Gasteiger partial charge in [-0.3, -0.25) is 19.5 Å². The van der Waals surface area contributed by atoms with Crippen molar-refractivity contribution in [3.05, 3.63) is 92.7 Å². The number of ketones is 1. The number of aliphatic hydroxyl groups is 1. The molecule has 0 saturated carbocycles. The van der Waals surface area contributed by atoms with Crippen molar-refractivity contribution in [1.82, 2.24) is 4.98 Å². The maximum Gasteiger partial charge on any atom is 0.300 e. The molecule has 0 bridgehead atoms. The molecule has 168 valence electrons. The molecule has 0 radical (unpaired) electrons. The van der Waals surface area contributed by atoms with Crippen molar-refractivity contribution < 1.29 is 19.4 Å². The number of nitrogens with zero attached hydrogens (tertiary/aromatic N) is 2. The van der Waals surface area contributed by atoms with Gasteiger partial charge in [0.15, 0.2) is 5.75 Å². The summed E-state index contributed by atoms with van der Waals surface area (Å²) in [6.45, 7) is 3.81. The van der Waals surface area contributed by atoms with Gasteiger partial charge in [0.2, 0.25) is 0 Å². The molecule has 1 amide bonds. The van der Waals surface area contributed by atoms with Crippen molar-refractivity contribution in [1.29, 1.82) is 0 Å². The Morgan fingerprint density at radius 1 is 1.09 bits per heavy atom. The highest BCUT2D eigenvalue weighted by molar-refractivity contribution is 6.52. The Bertz CT molecular complexity index is 1280. The molecule has 1 aliphatic rings. The van der Waals surface area contributed by atoms with Crippen LogP contribution in [0.3, 0.4) is 0 Å². The smallest absolute Gasteiger partial charge is 0.300 e. The molecule has 1 aliphatic heterocycles. The van der Waals surface area contributed by atoms with Gasteiger partial charge in [-0.15, -0.1) is 0 Å². The summed E-state index contributed by atoms with van der Waals surface area (Å²) in [7, 11) is 1.42. The predicted molar refractivity (Wildman–Crippen MR) is 128 cm³/mol. The summed E-state index contributed by atoms with van der Waals surface area (Å²) in [6, 6.07) is 11.0. The number of Topliss-reactive ketones (excluding diaryl/α,β-unsaturated/α-hetero) is 1. The van der Waals surface area contributed by atoms with Gasteiger partial charge in [-0.05, 0) is 54.8 Å². The number of carbonyl (C=O) groups excluding carboxylic acids is 2. The second-order valence-electron chi connectivity index (χ2n) is 7.65. The average Bonchev–Trinajstić information content (AvgIpc) is 3.06. The second-order valence-corrected chi connectivity index (χ2v) is 8.46. The molecule has 1 saturated heterocycles. The molecule has 3 aromatic rings. The molecule has 6 nitrogen and oxygen atoms in total. The third kappa shape index (κ3) is 3.86. The zero-order valence-corrected chi connectivity index (χ0v) is 19.6. The van der Waals surface area contributed by atoms with Gasteiger partial charge in [0.25, 0.3) is 11.7 Å². The largest absolute Gasteiger partial charge is 0.507 e. The van der Waals surface area contributed by atoms with Crippen LogP contribution < -0.4 is 9.64 Å². The van der Waals surface area contributed by atoms with Crippen LogP contribution in [0, 0.1) is 13.8 Å². The van der Waals surface area contributed by atoms with E-state index >= 15 is 0 Å². The number of anilines is 1. The number of benzene rings is 2. The van der Waals surface area contributed by atoms with Gasteiger partial charge in [0, 0.05) is 23.6 Å². The standard InChI is InChI=1S/C25H20Cl2N2O4/c1-13-6-4-8-19(14(13)2)29-21(15-7-5-9-28-12-15)20(23(31)25(29)32)22(30)16-10-17(26)24(33-3)18(27)11-16/h4-12,21,30H,1-3H3/b22-20+. The van der Waals surface area contributed by atoms with Gasteiger partial charge in [0.05, 0.1) is 28.8 Å². The minimum atomic E-state index is -0.890. The molecule has 1 atom stereocenters. The number of pyridine rings is 1. The lowest BCUT2D eigenvalue weighted by Gasteiger charge is -2.27. The lowest BCUT2D eigenvalue weighted by molar-refractivity contribution is -0.132. The van der Waals surface area contributed by atoms with E-state index in [1.54, 1.807) is 30.6 Å². The van der Waals surface area contributed by atoms with E-state index in [0.717, 1.165) is 11.1 Å². The van der Waals surface area contributed by atoms with E-state index in [1.165, 1.54) is 24.1 Å². The van der Waals surface area contributed by atoms with Crippen molar-refractivity contribution in [3.63, 3.8) is 0 Å². The van der Waals surface area contributed by atoms with Crippen molar-refractivity contribution in [2.75, 3.05) is 12.0 Å². The molecule has 1 unspecified atom stereocenters. The molecule has 0 spiro atoms. The van der Waals surface area contributed by atoms with Crippen LogP contribution in [0.1, 0.15) is 28.3 Å². The summed E-state index contributed by atoms with van der Waals surface area (Å²) in [5, 5.41) is 11.6. The van der Waals surface area contributed by atoms with E-state index in [0.29, 0.717) is 11.3 Å². The van der Waals surface area contributed by atoms with E-state index in [4.69, 9.17) is 27.9 Å². The van der Waals surface area contributed by atoms with Crippen molar-refractivity contribution in [3.8, 4) is 5.75 Å². The first-order valence-corrected chi connectivity index (χ1v) is 10.8. The number of hydrogen-bond donors (Lipinski definition) is 1. The summed E-state index contributed by atoms with van der Waals surface area (Å²) in [6.07, 6.45) is 3.16. The Morgan fingerprint density at radius 3 is 2.39 bits per heavy atom. The third-order valence-electron chi connectivity index (χ3n) is 5.76. The molecule has 8 heteroatoms. The average molecular weight is 483 g/mol. The van der Waals surface area contributed by atoms with E-state index < -0.39 is 17.7 Å². The van der Waals surface area contributed by atoms with Crippen LogP contribution in [-0.2, 0) is 9.59 Å². The summed E-state index contributed by atoms with van der Waals surface area (Å²) in [5.74, 6) is -1.70. The number of carbonyl (C=O) groups is 2. The fourth-order valence-corrected chi connectivity index (χ4v) is 4.62. The lowest BCUT2D eigenvalue weighted by Crippen LogP contribution is -2.30. The van der Waals surface area contributed by atoms with Gasteiger partial charge in [0.1, 0.15) is 5.76 Å². The molecule has 1 N–H and O–H groups in total. The van der Waals surface area contributed by atoms with Gasteiger partial charge >= 0.3 is 0 Å². The van der Waals surface area contributed by atoms with Crippen LogP contribution in [0.5, 0.6) is 5.75 Å². The van der Waals surface area contributed by atoms with E-state index in [9.17, 15) is 14.7 Å². The number of aromatic nitrogens is 1. The minimum absolute atomic E-state index is 0.0776. The number of amides is 1. The molecule has 0 aliphatic carbocycles. The molecule has 33 heavy (non-hydrogen) atoms. The number of hydrogen-bond acceptors (Lipinski definition) is 5. The lowest BCUT2D eigenvalue weighted by atomic mass is 9.95. The number of halogens is 2. The molecule has 1 aromatic heterocycles. The minimum Gasteiger partial charge on any atom is -0.507 e. The first-order valence-electron chi connectivity index (χ1n) is 10.1. The number of ether oxygens (including phenoxy) is 1. The van der Waals surface area contributed by atoms with Crippen LogP contribution in [-0.4, -0.2) is 28.9 Å². The van der Waals surface area contributed by atoms with Crippen molar-refractivity contribution in [2.45, 2.75) is 19.9 Å². The highest BCUT2D eigenvalue weighted by Crippen LogP contribution is 2.44. The maximum absolute atomic E-state index is 13.3. The van der Waals surface area contributed by atoms with E-state index in [2.05, 4.69) is 4.98 Å². The van der Waals surface area contributed by atoms with Crippen LogP contribution >= 0.6 is 23.2 Å². The Hall–Kier alpha value is -3.35. The van der Waals surface area contributed by atoms with Crippen LogP contribution in [0.15, 0.2) is 60.4 Å². The Balaban J connectivity index is 1.98. The van der Waals surface area contributed by atoms with E-state index in [1.807, 2.05) is 26.0 Å². The maximum atomic E-state index is 13.3. The zero-order valence-electron chi connectivity index (χ0n) is 18.1. The molecule has 4 rings (SSSR count). The Morgan fingerprint density at radius 2 is 1.79 bits per heavy atom. The van der Waals surface area contributed by atoms with Crippen LogP contribution in [0.2, 0.25) is 10.0 Å². The summed E-state index contributed by atoms with van der Waals surface area (Å²) in [4.78, 5) is 32.1. The normalized spacial score (nSPS) is 17.5. The third-order valence-corrected chi connectivity index (χ3v) is 6.32. The molecule has 1 fully saturated rings. The van der Waals surface area contributed by atoms with Gasteiger partial charge in [-0.1, -0.05) is 41.4 Å². The molecular formula is C25H20Cl2N2O4. The molecular weight excluding hydrogens is 463 g/mol. The topological polar surface area (TPSA) is 79.7 Å². The number of aryl methyl sites for hydroxylation is 1. The van der Waals surface area contributed by atoms with Gasteiger partial charge in [-0.2, -0.15) is 0 Å². The number of aliphatic hydroxyl groups excluding tert-OH is 1. The Labute approximate surface area is 201 Å². The second kappa shape index (κ2) is 8.89. The number of methoxy groups -OCH3 is 1. The number of rotatable bonds is 4. The van der Waals surface area contributed by atoms with Gasteiger partial charge in [-0.25, -0.2) is 0 Å². The van der Waals surface area contributed by atoms with Crippen molar-refractivity contribution >= 4 is 46.3 Å². The first kappa shape index (κ1) is 22.8. The Kier molecular flexibility index (Phi) is 6.15. The van der Waals surface area contributed by atoms with Crippen LogP contribution in [0.4, 0.5) is 5.69 Å². The molecule has 2 heterocycles. The SMILES string of the molecule is COc1c(Cl)cc(/C(O)=C2\C(=O)C(=O)N(c3cccc(C)c3C)C2c2cccnc2)cc1Cl. The highest BCUT2D eigenvalue weighted by Gasteiger charge is 2.47. The van der Waals surface area contributed by atoms with Crippen molar-refractivity contribution in [2.24, 2.45) is 0 Å². The van der Waals surface area contributed by atoms with Gasteiger partial charge < -0.3 is 9.84 Å². The fraction of sp³-hybridized carbons (Fsp3) is 0.160. The highest BCUT2D eigenvalue weighted by atomic mass is 35.5. The first-order chi connectivity index (χ1) is 15.8. The fourth-order valence-electron chi connectivity index (χ4n) is 3.98. The zero-order chi connectivity index (χ0) is 23.9. The molecule has 2 aromatic carbocycles. The quantitative estimate of drug-likeness (QED) is 0.295. The summed E-state index contributed by atoms with van der Waals surface area (Å²) >= 11 is 12.5. The summed E-state index contributed by atoms with van der Waals surface area (Å²) in [5.41, 5.74) is 3.09.